The van der Waals surface area contributed by atoms with Crippen LogP contribution in [-0.4, -0.2) is 51.5 Å². The van der Waals surface area contributed by atoms with Crippen molar-refractivity contribution in [3.05, 3.63) is 72.1 Å². The lowest BCUT2D eigenvalue weighted by Gasteiger charge is -2.16. The van der Waals surface area contributed by atoms with Crippen LogP contribution in [0.1, 0.15) is 37.3 Å². The number of aromatic nitrogens is 3. The van der Waals surface area contributed by atoms with Gasteiger partial charge in [-0.3, -0.25) is 9.36 Å². The average Bonchev–Trinajstić information content (AvgIpc) is 3.25. The molecule has 1 N–H and O–H groups in total. The minimum absolute atomic E-state index is 0.0143. The number of thioether (sulfide) groups is 1. The zero-order valence-corrected chi connectivity index (χ0v) is 19.3. The maximum Gasteiger partial charge on any atom is 0.230 e. The Balaban J connectivity index is 1.39. The van der Waals surface area contributed by atoms with E-state index in [9.17, 15) is 4.79 Å². The fourth-order valence-electron chi connectivity index (χ4n) is 3.25. The van der Waals surface area contributed by atoms with E-state index in [1.54, 1.807) is 6.33 Å². The predicted octanol–water partition coefficient (Wildman–Crippen LogP) is 4.12. The summed E-state index contributed by atoms with van der Waals surface area (Å²) in [7, 11) is 2.10. The number of hydrogen-bond acceptors (Lipinski definition) is 5. The van der Waals surface area contributed by atoms with Gasteiger partial charge in [0.05, 0.1) is 5.75 Å². The molecule has 0 radical (unpaired) electrons. The van der Waals surface area contributed by atoms with Crippen LogP contribution in [0.2, 0.25) is 0 Å². The molecule has 0 bridgehead atoms. The van der Waals surface area contributed by atoms with E-state index in [0.29, 0.717) is 18.2 Å². The standard InChI is InChI=1S/C24H31N5OS/c1-19(2)21-10-12-22(13-11-21)29-18-26-27-24(29)31-17-23(30)25-14-7-15-28(3)16-20-8-5-4-6-9-20/h4-6,8-13,18-19H,7,14-17H2,1-3H3,(H,25,30). The number of carbonyl (C=O) groups excluding carboxylic acids is 1. The van der Waals surface area contributed by atoms with Crippen molar-refractivity contribution in [2.45, 2.75) is 37.9 Å². The smallest absolute Gasteiger partial charge is 0.230 e. The molecule has 1 amide bonds. The molecular formula is C24H31N5OS. The summed E-state index contributed by atoms with van der Waals surface area (Å²) in [5.41, 5.74) is 3.59. The first-order valence-electron chi connectivity index (χ1n) is 10.6. The summed E-state index contributed by atoms with van der Waals surface area (Å²) in [6.45, 7) is 6.87. The third kappa shape index (κ3) is 7.22. The van der Waals surface area contributed by atoms with Crippen LogP contribution in [0.3, 0.4) is 0 Å². The lowest BCUT2D eigenvalue weighted by molar-refractivity contribution is -0.118. The lowest BCUT2D eigenvalue weighted by atomic mass is 10.0. The Bertz CT molecular complexity index is 940. The second-order valence-electron chi connectivity index (χ2n) is 7.95. The summed E-state index contributed by atoms with van der Waals surface area (Å²) in [6.07, 6.45) is 2.60. The molecule has 0 aliphatic rings. The van der Waals surface area contributed by atoms with E-state index in [1.807, 2.05) is 10.6 Å². The molecule has 0 atom stereocenters. The van der Waals surface area contributed by atoms with Crippen LogP contribution in [-0.2, 0) is 11.3 Å². The highest BCUT2D eigenvalue weighted by Crippen LogP contribution is 2.21. The van der Waals surface area contributed by atoms with Crippen molar-refractivity contribution < 1.29 is 4.79 Å². The minimum atomic E-state index is 0.0143. The third-order valence-electron chi connectivity index (χ3n) is 5.02. The van der Waals surface area contributed by atoms with Crippen LogP contribution < -0.4 is 5.32 Å². The summed E-state index contributed by atoms with van der Waals surface area (Å²) in [5, 5.41) is 11.9. The van der Waals surface area contributed by atoms with Gasteiger partial charge in [0, 0.05) is 18.8 Å². The number of nitrogens with one attached hydrogen (secondary N) is 1. The molecule has 2 aromatic carbocycles. The number of amides is 1. The molecular weight excluding hydrogens is 406 g/mol. The van der Waals surface area contributed by atoms with E-state index < -0.39 is 0 Å². The van der Waals surface area contributed by atoms with Gasteiger partial charge < -0.3 is 10.2 Å². The minimum Gasteiger partial charge on any atom is -0.355 e. The van der Waals surface area contributed by atoms with Gasteiger partial charge in [0.25, 0.3) is 0 Å². The molecule has 0 fully saturated rings. The largest absolute Gasteiger partial charge is 0.355 e. The number of nitrogens with zero attached hydrogens (tertiary/aromatic N) is 4. The lowest BCUT2D eigenvalue weighted by Crippen LogP contribution is -2.29. The first-order chi connectivity index (χ1) is 15.0. The molecule has 0 spiro atoms. The number of hydrogen-bond donors (Lipinski definition) is 1. The highest BCUT2D eigenvalue weighted by Gasteiger charge is 2.11. The Hall–Kier alpha value is -2.64. The molecule has 164 valence electrons. The summed E-state index contributed by atoms with van der Waals surface area (Å²) >= 11 is 1.40. The van der Waals surface area contributed by atoms with E-state index in [-0.39, 0.29) is 5.91 Å². The number of carbonyl (C=O) groups is 1. The molecule has 7 heteroatoms. The quantitative estimate of drug-likeness (QED) is 0.361. The predicted molar refractivity (Wildman–Crippen MR) is 127 cm³/mol. The molecule has 0 saturated carbocycles. The first-order valence-corrected chi connectivity index (χ1v) is 11.6. The van der Waals surface area contributed by atoms with Crippen molar-refractivity contribution in [3.63, 3.8) is 0 Å². The molecule has 3 aromatic rings. The normalized spacial score (nSPS) is 11.3. The highest BCUT2D eigenvalue weighted by molar-refractivity contribution is 7.99. The zero-order chi connectivity index (χ0) is 22.1. The summed E-state index contributed by atoms with van der Waals surface area (Å²) in [6, 6.07) is 18.8. The maximum absolute atomic E-state index is 12.2. The molecule has 1 aromatic heterocycles. The van der Waals surface area contributed by atoms with Crippen molar-refractivity contribution >= 4 is 17.7 Å². The fraction of sp³-hybridized carbons (Fsp3) is 0.375. The van der Waals surface area contributed by atoms with E-state index in [2.05, 4.69) is 89.8 Å². The van der Waals surface area contributed by atoms with Crippen molar-refractivity contribution in [2.24, 2.45) is 0 Å². The Morgan fingerprint density at radius 1 is 1.13 bits per heavy atom. The highest BCUT2D eigenvalue weighted by atomic mass is 32.2. The molecule has 0 aliphatic heterocycles. The van der Waals surface area contributed by atoms with Gasteiger partial charge in [-0.05, 0) is 49.2 Å². The third-order valence-corrected chi connectivity index (χ3v) is 5.96. The van der Waals surface area contributed by atoms with Crippen molar-refractivity contribution in [2.75, 3.05) is 25.9 Å². The van der Waals surface area contributed by atoms with Crippen molar-refractivity contribution in [1.29, 1.82) is 0 Å². The maximum atomic E-state index is 12.2. The average molecular weight is 438 g/mol. The van der Waals surface area contributed by atoms with Crippen LogP contribution in [0.5, 0.6) is 0 Å². The summed E-state index contributed by atoms with van der Waals surface area (Å²) < 4.78 is 1.92. The van der Waals surface area contributed by atoms with Gasteiger partial charge in [0.1, 0.15) is 6.33 Å². The zero-order valence-electron chi connectivity index (χ0n) is 18.5. The van der Waals surface area contributed by atoms with Crippen LogP contribution in [0.15, 0.2) is 66.1 Å². The monoisotopic (exact) mass is 437 g/mol. The van der Waals surface area contributed by atoms with Crippen molar-refractivity contribution in [1.82, 2.24) is 25.0 Å². The fourth-order valence-corrected chi connectivity index (χ4v) is 4.01. The Morgan fingerprint density at radius 2 is 1.87 bits per heavy atom. The Morgan fingerprint density at radius 3 is 2.58 bits per heavy atom. The van der Waals surface area contributed by atoms with E-state index >= 15 is 0 Å². The van der Waals surface area contributed by atoms with Gasteiger partial charge in [0.15, 0.2) is 5.16 Å². The van der Waals surface area contributed by atoms with Crippen molar-refractivity contribution in [3.8, 4) is 5.69 Å². The second kappa shape index (κ2) is 11.7. The second-order valence-corrected chi connectivity index (χ2v) is 8.89. The van der Waals surface area contributed by atoms with E-state index in [4.69, 9.17) is 0 Å². The molecule has 0 aliphatic carbocycles. The van der Waals surface area contributed by atoms with Crippen LogP contribution >= 0.6 is 11.8 Å². The van der Waals surface area contributed by atoms with Gasteiger partial charge >= 0.3 is 0 Å². The first kappa shape index (κ1) is 23.0. The van der Waals surface area contributed by atoms with Crippen LogP contribution in [0.4, 0.5) is 0 Å². The van der Waals surface area contributed by atoms with Gasteiger partial charge in [-0.1, -0.05) is 68.1 Å². The molecule has 31 heavy (non-hydrogen) atoms. The molecule has 6 nitrogen and oxygen atoms in total. The Labute approximate surface area is 189 Å². The summed E-state index contributed by atoms with van der Waals surface area (Å²) in [4.78, 5) is 14.5. The van der Waals surface area contributed by atoms with Gasteiger partial charge in [0.2, 0.25) is 5.91 Å². The van der Waals surface area contributed by atoms with Gasteiger partial charge in [-0.2, -0.15) is 0 Å². The van der Waals surface area contributed by atoms with Gasteiger partial charge in [-0.25, -0.2) is 0 Å². The number of benzene rings is 2. The molecule has 0 unspecified atom stereocenters. The van der Waals surface area contributed by atoms with Gasteiger partial charge in [-0.15, -0.1) is 10.2 Å². The van der Waals surface area contributed by atoms with E-state index in [1.165, 1.54) is 22.9 Å². The topological polar surface area (TPSA) is 63.1 Å². The summed E-state index contributed by atoms with van der Waals surface area (Å²) in [5.74, 6) is 0.828. The Kier molecular flexibility index (Phi) is 8.67. The SMILES string of the molecule is CC(C)c1ccc(-n2cnnc2SCC(=O)NCCCN(C)Cc2ccccc2)cc1. The van der Waals surface area contributed by atoms with Crippen LogP contribution in [0.25, 0.3) is 5.69 Å². The molecule has 1 heterocycles. The number of rotatable bonds is 11. The van der Waals surface area contributed by atoms with Crippen LogP contribution in [0, 0.1) is 0 Å². The van der Waals surface area contributed by atoms with E-state index in [0.717, 1.165) is 30.4 Å². The molecule has 3 rings (SSSR count). The molecule has 0 saturated heterocycles.